The Labute approximate surface area is 179 Å². The standard InChI is InChI=1S/C24H22N2O5/c1-24(2,3)23(29)26-18-13-9-10-14-20(31-11-30-14)15(13)19(26)17-16(18)21(27)25(22(17)28)12-7-5-4-6-8-12/h4-10,16-19H,11H2,1-3H3/t16-,17+,18-,19-/m0/s1. The molecule has 7 nitrogen and oxygen atoms in total. The predicted octanol–water partition coefficient (Wildman–Crippen LogP) is 3.21. The van der Waals surface area contributed by atoms with Crippen LogP contribution in [0.3, 0.4) is 0 Å². The minimum Gasteiger partial charge on any atom is -0.454 e. The Bertz CT molecular complexity index is 1150. The maximum absolute atomic E-state index is 13.6. The van der Waals surface area contributed by atoms with E-state index in [1.165, 1.54) is 4.90 Å². The molecule has 2 fully saturated rings. The van der Waals surface area contributed by atoms with E-state index in [-0.39, 0.29) is 24.5 Å². The van der Waals surface area contributed by atoms with E-state index in [0.29, 0.717) is 17.2 Å². The summed E-state index contributed by atoms with van der Waals surface area (Å²) in [5.74, 6) is -0.612. The van der Waals surface area contributed by atoms with Crippen molar-refractivity contribution in [3.63, 3.8) is 0 Å². The van der Waals surface area contributed by atoms with Gasteiger partial charge in [-0.3, -0.25) is 14.4 Å². The highest BCUT2D eigenvalue weighted by Gasteiger charge is 2.69. The molecule has 2 saturated heterocycles. The number of nitrogens with zero attached hydrogens (tertiary/aromatic N) is 2. The van der Waals surface area contributed by atoms with Crippen LogP contribution in [0.2, 0.25) is 0 Å². The van der Waals surface area contributed by atoms with Crippen LogP contribution in [-0.2, 0) is 14.4 Å². The first-order chi connectivity index (χ1) is 14.8. The largest absolute Gasteiger partial charge is 0.454 e. The number of para-hydroxylation sites is 1. The molecule has 4 aliphatic heterocycles. The van der Waals surface area contributed by atoms with Crippen LogP contribution in [-0.4, -0.2) is 29.4 Å². The van der Waals surface area contributed by atoms with Crippen molar-refractivity contribution in [2.24, 2.45) is 17.3 Å². The second-order valence-electron chi connectivity index (χ2n) is 9.55. The molecule has 0 saturated carbocycles. The summed E-state index contributed by atoms with van der Waals surface area (Å²) in [5.41, 5.74) is 1.61. The summed E-state index contributed by atoms with van der Waals surface area (Å²) >= 11 is 0. The van der Waals surface area contributed by atoms with E-state index in [4.69, 9.17) is 9.47 Å². The zero-order valence-electron chi connectivity index (χ0n) is 17.5. The third-order valence-electron chi connectivity index (χ3n) is 6.79. The number of hydrogen-bond donors (Lipinski definition) is 0. The third kappa shape index (κ3) is 2.21. The van der Waals surface area contributed by atoms with Crippen molar-refractivity contribution in [1.82, 2.24) is 4.90 Å². The molecule has 0 unspecified atom stereocenters. The number of hydrogen-bond acceptors (Lipinski definition) is 5. The quantitative estimate of drug-likeness (QED) is 0.665. The zero-order valence-corrected chi connectivity index (χ0v) is 17.5. The van der Waals surface area contributed by atoms with Crippen molar-refractivity contribution in [1.29, 1.82) is 0 Å². The van der Waals surface area contributed by atoms with Gasteiger partial charge in [-0.05, 0) is 23.8 Å². The number of anilines is 1. The number of ether oxygens (including phenoxy) is 2. The van der Waals surface area contributed by atoms with Crippen LogP contribution in [0.15, 0.2) is 42.5 Å². The van der Waals surface area contributed by atoms with Gasteiger partial charge in [0.15, 0.2) is 11.5 Å². The van der Waals surface area contributed by atoms with Crippen molar-refractivity contribution in [3.8, 4) is 11.5 Å². The molecule has 0 aromatic heterocycles. The van der Waals surface area contributed by atoms with E-state index in [0.717, 1.165) is 11.1 Å². The van der Waals surface area contributed by atoms with Crippen LogP contribution < -0.4 is 14.4 Å². The fourth-order valence-electron chi connectivity index (χ4n) is 5.60. The second kappa shape index (κ2) is 5.87. The molecule has 2 aromatic carbocycles. The van der Waals surface area contributed by atoms with E-state index >= 15 is 0 Å². The molecule has 0 radical (unpaired) electrons. The number of fused-ring (bicyclic) bond motifs is 10. The van der Waals surface area contributed by atoms with Gasteiger partial charge in [0.1, 0.15) is 0 Å². The van der Waals surface area contributed by atoms with Gasteiger partial charge in [-0.2, -0.15) is 0 Å². The van der Waals surface area contributed by atoms with Crippen molar-refractivity contribution in [2.45, 2.75) is 32.9 Å². The molecule has 4 aliphatic rings. The van der Waals surface area contributed by atoms with Crippen molar-refractivity contribution < 1.29 is 23.9 Å². The first-order valence-corrected chi connectivity index (χ1v) is 10.5. The Kier molecular flexibility index (Phi) is 3.49. The Morgan fingerprint density at radius 1 is 0.935 bits per heavy atom. The third-order valence-corrected chi connectivity index (χ3v) is 6.79. The molecule has 7 heteroatoms. The average molecular weight is 418 g/mol. The summed E-state index contributed by atoms with van der Waals surface area (Å²) in [6.45, 7) is 5.68. The number of benzene rings is 2. The Morgan fingerprint density at radius 3 is 2.29 bits per heavy atom. The van der Waals surface area contributed by atoms with Gasteiger partial charge in [-0.1, -0.05) is 45.0 Å². The summed E-state index contributed by atoms with van der Waals surface area (Å²) in [6, 6.07) is 11.7. The molecule has 4 atom stereocenters. The lowest BCUT2D eigenvalue weighted by Gasteiger charge is -2.32. The van der Waals surface area contributed by atoms with Gasteiger partial charge in [0.05, 0.1) is 29.6 Å². The van der Waals surface area contributed by atoms with Gasteiger partial charge in [0, 0.05) is 11.0 Å². The smallest absolute Gasteiger partial charge is 0.240 e. The normalized spacial score (nSPS) is 27.7. The molecule has 4 heterocycles. The maximum atomic E-state index is 13.6. The van der Waals surface area contributed by atoms with Gasteiger partial charge >= 0.3 is 0 Å². The topological polar surface area (TPSA) is 76.2 Å². The SMILES string of the molecule is CC(C)(C)C(=O)N1[C@H]2c3c(ccc4c3OCO4)[C@H]1[C@H]1C(=O)N(c3ccccc3)C(=O)[C@H]12. The zero-order chi connectivity index (χ0) is 21.7. The highest BCUT2D eigenvalue weighted by atomic mass is 16.7. The summed E-state index contributed by atoms with van der Waals surface area (Å²) in [7, 11) is 0. The minimum atomic E-state index is -0.650. The predicted molar refractivity (Wildman–Crippen MR) is 110 cm³/mol. The van der Waals surface area contributed by atoms with Gasteiger partial charge in [-0.15, -0.1) is 0 Å². The van der Waals surface area contributed by atoms with Crippen LogP contribution in [0.1, 0.15) is 44.0 Å². The van der Waals surface area contributed by atoms with Gasteiger partial charge in [-0.25, -0.2) is 4.90 Å². The lowest BCUT2D eigenvalue weighted by Crippen LogP contribution is -2.42. The summed E-state index contributed by atoms with van der Waals surface area (Å²) in [6.07, 6.45) is 0. The molecule has 0 spiro atoms. The van der Waals surface area contributed by atoms with Crippen LogP contribution >= 0.6 is 0 Å². The summed E-state index contributed by atoms with van der Waals surface area (Å²) < 4.78 is 11.3. The Morgan fingerprint density at radius 2 is 1.61 bits per heavy atom. The van der Waals surface area contributed by atoms with E-state index in [9.17, 15) is 14.4 Å². The second-order valence-corrected chi connectivity index (χ2v) is 9.55. The van der Waals surface area contributed by atoms with Crippen LogP contribution in [0.25, 0.3) is 0 Å². The number of amides is 3. The summed E-state index contributed by atoms with van der Waals surface area (Å²) in [4.78, 5) is 43.7. The van der Waals surface area contributed by atoms with E-state index in [1.54, 1.807) is 29.2 Å². The lowest BCUT2D eigenvalue weighted by molar-refractivity contribution is -0.143. The number of rotatable bonds is 1. The maximum Gasteiger partial charge on any atom is 0.240 e. The van der Waals surface area contributed by atoms with Crippen LogP contribution in [0.4, 0.5) is 5.69 Å². The molecule has 0 N–H and O–H groups in total. The molecule has 0 aliphatic carbocycles. The highest BCUT2D eigenvalue weighted by molar-refractivity contribution is 6.23. The summed E-state index contributed by atoms with van der Waals surface area (Å²) in [5, 5.41) is 0. The minimum absolute atomic E-state index is 0.0763. The molecular formula is C24H22N2O5. The van der Waals surface area contributed by atoms with E-state index < -0.39 is 29.3 Å². The molecule has 158 valence electrons. The molecule has 6 rings (SSSR count). The van der Waals surface area contributed by atoms with Crippen molar-refractivity contribution >= 4 is 23.4 Å². The molecule has 2 bridgehead atoms. The van der Waals surface area contributed by atoms with Gasteiger partial charge in [0.25, 0.3) is 0 Å². The number of imide groups is 1. The molecule has 2 aromatic rings. The number of carbonyl (C=O) groups excluding carboxylic acids is 3. The Hall–Kier alpha value is -3.35. The molecule has 31 heavy (non-hydrogen) atoms. The fraction of sp³-hybridized carbons (Fsp3) is 0.375. The van der Waals surface area contributed by atoms with Crippen molar-refractivity contribution in [3.05, 3.63) is 53.6 Å². The first-order valence-electron chi connectivity index (χ1n) is 10.5. The van der Waals surface area contributed by atoms with Crippen LogP contribution in [0.5, 0.6) is 11.5 Å². The fourth-order valence-corrected chi connectivity index (χ4v) is 5.60. The monoisotopic (exact) mass is 418 g/mol. The lowest BCUT2D eigenvalue weighted by atomic mass is 9.77. The van der Waals surface area contributed by atoms with Crippen molar-refractivity contribution in [2.75, 3.05) is 11.7 Å². The first kappa shape index (κ1) is 18.4. The van der Waals surface area contributed by atoms with Gasteiger partial charge in [0.2, 0.25) is 24.5 Å². The van der Waals surface area contributed by atoms with Gasteiger partial charge < -0.3 is 14.4 Å². The van der Waals surface area contributed by atoms with E-state index in [2.05, 4.69) is 0 Å². The van der Waals surface area contributed by atoms with E-state index in [1.807, 2.05) is 39.0 Å². The highest BCUT2D eigenvalue weighted by Crippen LogP contribution is 2.66. The number of carbonyl (C=O) groups is 3. The van der Waals surface area contributed by atoms with Crippen LogP contribution in [0, 0.1) is 17.3 Å². The molecule has 3 amide bonds. The average Bonchev–Trinajstić information content (AvgIpc) is 3.47. The Balaban J connectivity index is 1.53. The molecular weight excluding hydrogens is 396 g/mol.